The van der Waals surface area contributed by atoms with E-state index in [9.17, 15) is 4.79 Å². The molecule has 1 aromatic heterocycles. The van der Waals surface area contributed by atoms with Gasteiger partial charge in [0, 0.05) is 11.2 Å². The number of ether oxygens (including phenoxy) is 1. The third-order valence-corrected chi connectivity index (χ3v) is 2.52. The number of esters is 1. The van der Waals surface area contributed by atoms with Gasteiger partial charge in [-0.25, -0.2) is 9.48 Å². The average Bonchev–Trinajstić information content (AvgIpc) is 2.82. The Morgan fingerprint density at radius 2 is 2.33 bits per heavy atom. The Kier molecular flexibility index (Phi) is 3.31. The van der Waals surface area contributed by atoms with Gasteiger partial charge >= 0.3 is 5.97 Å². The Morgan fingerprint density at radius 3 is 2.94 bits per heavy atom. The van der Waals surface area contributed by atoms with E-state index in [2.05, 4.69) is 9.84 Å². The van der Waals surface area contributed by atoms with E-state index in [1.165, 1.54) is 18.0 Å². The van der Waals surface area contributed by atoms with Gasteiger partial charge in [-0.05, 0) is 18.2 Å². The van der Waals surface area contributed by atoms with Crippen molar-refractivity contribution in [3.63, 3.8) is 0 Å². The predicted molar refractivity (Wildman–Crippen MR) is 64.6 cm³/mol. The zero-order valence-corrected chi connectivity index (χ0v) is 10.2. The molecular formula is C12H8ClN3O2. The maximum Gasteiger partial charge on any atom is 0.359 e. The number of halogens is 1. The number of benzene rings is 1. The van der Waals surface area contributed by atoms with Crippen LogP contribution >= 0.6 is 11.6 Å². The van der Waals surface area contributed by atoms with E-state index in [1.54, 1.807) is 24.3 Å². The standard InChI is InChI=1S/C12H8ClN3O2/c1-18-12(17)11-8(6-14)7-16(15-11)10-4-2-3-9(13)5-10/h2-5,7H,1H3. The summed E-state index contributed by atoms with van der Waals surface area (Å²) in [6, 6.07) is 8.82. The molecule has 6 heteroatoms. The second kappa shape index (κ2) is 4.90. The first kappa shape index (κ1) is 12.1. The van der Waals surface area contributed by atoms with Crippen LogP contribution < -0.4 is 0 Å². The number of nitrogens with zero attached hydrogens (tertiary/aromatic N) is 3. The van der Waals surface area contributed by atoms with E-state index in [1.807, 2.05) is 6.07 Å². The van der Waals surface area contributed by atoms with E-state index >= 15 is 0 Å². The lowest BCUT2D eigenvalue weighted by Gasteiger charge is -2.00. The SMILES string of the molecule is COC(=O)c1nn(-c2cccc(Cl)c2)cc1C#N. The first-order valence-electron chi connectivity index (χ1n) is 4.99. The van der Waals surface area contributed by atoms with Crippen molar-refractivity contribution in [2.24, 2.45) is 0 Å². The fourth-order valence-corrected chi connectivity index (χ4v) is 1.64. The number of hydrogen-bond acceptors (Lipinski definition) is 4. The molecule has 2 aromatic rings. The van der Waals surface area contributed by atoms with Crippen molar-refractivity contribution in [2.45, 2.75) is 0 Å². The molecule has 0 amide bonds. The molecule has 18 heavy (non-hydrogen) atoms. The van der Waals surface area contributed by atoms with Crippen LogP contribution in [0.25, 0.3) is 5.69 Å². The minimum atomic E-state index is -0.646. The monoisotopic (exact) mass is 261 g/mol. The second-order valence-corrected chi connectivity index (χ2v) is 3.86. The van der Waals surface area contributed by atoms with Crippen LogP contribution in [0.4, 0.5) is 0 Å². The second-order valence-electron chi connectivity index (χ2n) is 3.42. The Labute approximate surface area is 108 Å². The molecule has 1 aromatic carbocycles. The largest absolute Gasteiger partial charge is 0.464 e. The number of nitriles is 1. The Hall–Kier alpha value is -2.32. The van der Waals surface area contributed by atoms with Gasteiger partial charge < -0.3 is 4.74 Å². The molecule has 0 saturated heterocycles. The van der Waals surface area contributed by atoms with Gasteiger partial charge in [-0.2, -0.15) is 10.4 Å². The van der Waals surface area contributed by atoms with Crippen LogP contribution in [0, 0.1) is 11.3 Å². The van der Waals surface area contributed by atoms with Crippen molar-refractivity contribution >= 4 is 17.6 Å². The zero-order chi connectivity index (χ0) is 13.1. The fourth-order valence-electron chi connectivity index (χ4n) is 1.45. The quantitative estimate of drug-likeness (QED) is 0.777. The van der Waals surface area contributed by atoms with E-state index in [0.29, 0.717) is 10.7 Å². The molecule has 0 atom stereocenters. The van der Waals surface area contributed by atoms with Gasteiger partial charge in [0.1, 0.15) is 11.6 Å². The number of rotatable bonds is 2. The van der Waals surface area contributed by atoms with Crippen molar-refractivity contribution in [3.05, 3.63) is 46.7 Å². The van der Waals surface area contributed by atoms with Crippen LogP contribution in [0.3, 0.4) is 0 Å². The molecule has 0 aliphatic rings. The molecule has 90 valence electrons. The highest BCUT2D eigenvalue weighted by molar-refractivity contribution is 6.30. The lowest BCUT2D eigenvalue weighted by atomic mass is 10.3. The summed E-state index contributed by atoms with van der Waals surface area (Å²) in [6.07, 6.45) is 1.46. The third-order valence-electron chi connectivity index (χ3n) is 2.29. The van der Waals surface area contributed by atoms with Crippen molar-refractivity contribution in [2.75, 3.05) is 7.11 Å². The third kappa shape index (κ3) is 2.19. The van der Waals surface area contributed by atoms with Crippen molar-refractivity contribution < 1.29 is 9.53 Å². The van der Waals surface area contributed by atoms with Gasteiger partial charge in [0.15, 0.2) is 5.69 Å². The average molecular weight is 262 g/mol. The summed E-state index contributed by atoms with van der Waals surface area (Å²) in [5.41, 5.74) is 0.802. The summed E-state index contributed by atoms with van der Waals surface area (Å²) < 4.78 is 5.97. The van der Waals surface area contributed by atoms with Crippen LogP contribution in [0.5, 0.6) is 0 Å². The van der Waals surface area contributed by atoms with E-state index < -0.39 is 5.97 Å². The fraction of sp³-hybridized carbons (Fsp3) is 0.0833. The minimum Gasteiger partial charge on any atom is -0.464 e. The van der Waals surface area contributed by atoms with Gasteiger partial charge in [-0.3, -0.25) is 0 Å². The molecule has 5 nitrogen and oxygen atoms in total. The Balaban J connectivity index is 2.51. The number of aromatic nitrogens is 2. The lowest BCUT2D eigenvalue weighted by Crippen LogP contribution is -2.05. The van der Waals surface area contributed by atoms with Crippen LogP contribution in [-0.4, -0.2) is 22.9 Å². The van der Waals surface area contributed by atoms with Crippen LogP contribution in [0.15, 0.2) is 30.5 Å². The van der Waals surface area contributed by atoms with E-state index in [-0.39, 0.29) is 11.3 Å². The summed E-state index contributed by atoms with van der Waals surface area (Å²) in [4.78, 5) is 11.4. The van der Waals surface area contributed by atoms with Gasteiger partial charge in [0.25, 0.3) is 0 Å². The topological polar surface area (TPSA) is 67.9 Å². The summed E-state index contributed by atoms with van der Waals surface area (Å²) in [5, 5.41) is 13.5. The van der Waals surface area contributed by atoms with Gasteiger partial charge in [-0.1, -0.05) is 17.7 Å². The molecule has 0 N–H and O–H groups in total. The van der Waals surface area contributed by atoms with Crippen molar-refractivity contribution in [1.29, 1.82) is 5.26 Å². The van der Waals surface area contributed by atoms with Crippen molar-refractivity contribution in [3.8, 4) is 11.8 Å². The van der Waals surface area contributed by atoms with Gasteiger partial charge in [-0.15, -0.1) is 0 Å². The molecule has 0 spiro atoms. The molecule has 0 aliphatic heterocycles. The predicted octanol–water partition coefficient (Wildman–Crippen LogP) is 2.18. The molecule has 0 radical (unpaired) electrons. The Bertz CT molecular complexity index is 643. The van der Waals surface area contributed by atoms with Crippen LogP contribution in [0.2, 0.25) is 5.02 Å². The zero-order valence-electron chi connectivity index (χ0n) is 9.42. The molecule has 0 bridgehead atoms. The van der Waals surface area contributed by atoms with Crippen LogP contribution in [-0.2, 0) is 4.74 Å². The minimum absolute atomic E-state index is 0.0139. The lowest BCUT2D eigenvalue weighted by molar-refractivity contribution is 0.0593. The highest BCUT2D eigenvalue weighted by atomic mass is 35.5. The number of methoxy groups -OCH3 is 1. The van der Waals surface area contributed by atoms with Gasteiger partial charge in [0.05, 0.1) is 12.8 Å². The first-order valence-corrected chi connectivity index (χ1v) is 5.37. The summed E-state index contributed by atoms with van der Waals surface area (Å²) in [6.45, 7) is 0. The summed E-state index contributed by atoms with van der Waals surface area (Å²) in [7, 11) is 1.24. The maximum absolute atomic E-state index is 11.4. The van der Waals surface area contributed by atoms with Crippen LogP contribution in [0.1, 0.15) is 16.1 Å². The Morgan fingerprint density at radius 1 is 1.56 bits per heavy atom. The molecule has 1 heterocycles. The molecular weight excluding hydrogens is 254 g/mol. The van der Waals surface area contributed by atoms with E-state index in [4.69, 9.17) is 16.9 Å². The van der Waals surface area contributed by atoms with Gasteiger partial charge in [0.2, 0.25) is 0 Å². The first-order chi connectivity index (χ1) is 8.65. The highest BCUT2D eigenvalue weighted by Crippen LogP contribution is 2.16. The normalized spacial score (nSPS) is 9.83. The van der Waals surface area contributed by atoms with E-state index in [0.717, 1.165) is 0 Å². The molecule has 0 saturated carbocycles. The van der Waals surface area contributed by atoms with Crippen molar-refractivity contribution in [1.82, 2.24) is 9.78 Å². The highest BCUT2D eigenvalue weighted by Gasteiger charge is 2.17. The number of hydrogen-bond donors (Lipinski definition) is 0. The molecule has 0 unspecified atom stereocenters. The number of carbonyl (C=O) groups is 1. The summed E-state index contributed by atoms with van der Waals surface area (Å²) in [5.74, 6) is -0.646. The number of carbonyl (C=O) groups excluding carboxylic acids is 1. The summed E-state index contributed by atoms with van der Waals surface area (Å²) >= 11 is 5.87. The maximum atomic E-state index is 11.4. The molecule has 0 fully saturated rings. The smallest absolute Gasteiger partial charge is 0.359 e. The molecule has 2 rings (SSSR count). The molecule has 0 aliphatic carbocycles.